The minimum absolute atomic E-state index is 0.0430. The van der Waals surface area contributed by atoms with E-state index in [1.165, 1.54) is 19.3 Å². The van der Waals surface area contributed by atoms with Crippen LogP contribution in [0.15, 0.2) is 30.3 Å². The van der Waals surface area contributed by atoms with Gasteiger partial charge in [0.05, 0.1) is 12.2 Å². The van der Waals surface area contributed by atoms with E-state index in [2.05, 4.69) is 27.7 Å². The zero-order chi connectivity index (χ0) is 16.6. The largest absolute Gasteiger partial charge is 0.374 e. The molecule has 0 saturated carbocycles. The lowest BCUT2D eigenvalue weighted by Gasteiger charge is -2.33. The van der Waals surface area contributed by atoms with Crippen molar-refractivity contribution in [2.24, 2.45) is 5.41 Å². The van der Waals surface area contributed by atoms with E-state index >= 15 is 0 Å². The summed E-state index contributed by atoms with van der Waals surface area (Å²) in [4.78, 5) is 12.3. The van der Waals surface area contributed by atoms with E-state index in [4.69, 9.17) is 4.74 Å². The average molecular weight is 304 g/mol. The number of ether oxygens (including phenoxy) is 1. The molecule has 22 heavy (non-hydrogen) atoms. The molecule has 0 saturated heterocycles. The van der Waals surface area contributed by atoms with Crippen LogP contribution in [0.5, 0.6) is 0 Å². The smallest absolute Gasteiger partial charge is 0.165 e. The predicted octanol–water partition coefficient (Wildman–Crippen LogP) is 5.66. The molecule has 0 aliphatic carbocycles. The molecule has 2 atom stereocenters. The third-order valence-electron chi connectivity index (χ3n) is 4.00. The summed E-state index contributed by atoms with van der Waals surface area (Å²) in [7, 11) is 0. The fraction of sp³-hybridized carbons (Fsp3) is 0.650. The molecule has 2 nitrogen and oxygen atoms in total. The monoisotopic (exact) mass is 304 g/mol. The topological polar surface area (TPSA) is 26.3 Å². The molecule has 0 fully saturated rings. The highest BCUT2D eigenvalue weighted by molar-refractivity contribution is 5.96. The van der Waals surface area contributed by atoms with Crippen molar-refractivity contribution in [1.82, 2.24) is 0 Å². The van der Waals surface area contributed by atoms with Crippen molar-refractivity contribution in [1.29, 1.82) is 0 Å². The molecule has 1 aromatic carbocycles. The fourth-order valence-electron chi connectivity index (χ4n) is 2.62. The van der Waals surface area contributed by atoms with Crippen molar-refractivity contribution in [2.75, 3.05) is 0 Å². The van der Waals surface area contributed by atoms with Crippen molar-refractivity contribution in [3.8, 4) is 0 Å². The van der Waals surface area contributed by atoms with Crippen molar-refractivity contribution < 1.29 is 9.53 Å². The Hall–Kier alpha value is -1.15. The molecule has 0 bridgehead atoms. The van der Waals surface area contributed by atoms with Crippen molar-refractivity contribution >= 4 is 5.78 Å². The summed E-state index contributed by atoms with van der Waals surface area (Å²) >= 11 is 0. The fourth-order valence-corrected chi connectivity index (χ4v) is 2.62. The van der Waals surface area contributed by atoms with Crippen LogP contribution in [0.25, 0.3) is 0 Å². The lowest BCUT2D eigenvalue weighted by molar-refractivity contribution is -0.0635. The summed E-state index contributed by atoms with van der Waals surface area (Å²) in [5, 5.41) is 0. The molecule has 0 amide bonds. The van der Waals surface area contributed by atoms with Gasteiger partial charge >= 0.3 is 0 Å². The first-order chi connectivity index (χ1) is 10.3. The van der Waals surface area contributed by atoms with Gasteiger partial charge in [-0.3, -0.25) is 4.79 Å². The van der Waals surface area contributed by atoms with Gasteiger partial charge in [-0.15, -0.1) is 0 Å². The maximum Gasteiger partial charge on any atom is 0.165 e. The van der Waals surface area contributed by atoms with Gasteiger partial charge in [-0.25, -0.2) is 0 Å². The van der Waals surface area contributed by atoms with Gasteiger partial charge in [0.2, 0.25) is 0 Å². The highest BCUT2D eigenvalue weighted by Crippen LogP contribution is 2.28. The van der Waals surface area contributed by atoms with Crippen LogP contribution in [-0.4, -0.2) is 18.0 Å². The number of ketones is 1. The van der Waals surface area contributed by atoms with E-state index in [9.17, 15) is 4.79 Å². The second-order valence-corrected chi connectivity index (χ2v) is 7.29. The van der Waals surface area contributed by atoms with E-state index in [1.54, 1.807) is 0 Å². The van der Waals surface area contributed by atoms with Crippen LogP contribution in [-0.2, 0) is 4.74 Å². The average Bonchev–Trinajstić information content (AvgIpc) is 2.46. The zero-order valence-corrected chi connectivity index (χ0v) is 14.9. The van der Waals surface area contributed by atoms with Gasteiger partial charge in [-0.05, 0) is 18.8 Å². The molecule has 2 unspecified atom stereocenters. The Morgan fingerprint density at radius 1 is 1.14 bits per heavy atom. The minimum Gasteiger partial charge on any atom is -0.374 e. The third-order valence-corrected chi connectivity index (χ3v) is 4.00. The van der Waals surface area contributed by atoms with Gasteiger partial charge in [0.15, 0.2) is 5.78 Å². The number of unbranched alkanes of at least 4 members (excludes halogenated alkanes) is 2. The lowest BCUT2D eigenvalue weighted by Crippen LogP contribution is -2.33. The van der Waals surface area contributed by atoms with Crippen LogP contribution in [0.2, 0.25) is 0 Å². The van der Waals surface area contributed by atoms with Crippen LogP contribution in [0, 0.1) is 5.41 Å². The van der Waals surface area contributed by atoms with Crippen LogP contribution < -0.4 is 0 Å². The van der Waals surface area contributed by atoms with Crippen LogP contribution in [0.4, 0.5) is 0 Å². The summed E-state index contributed by atoms with van der Waals surface area (Å²) in [5.74, 6) is 0.161. The van der Waals surface area contributed by atoms with E-state index in [1.807, 2.05) is 37.3 Å². The van der Waals surface area contributed by atoms with Crippen LogP contribution >= 0.6 is 0 Å². The molecule has 0 aliphatic heterocycles. The number of carbonyl (C=O) groups is 1. The standard InChI is InChI=1S/C20H32O2/c1-6-7-9-14-19(20(3,4)5)22-16(2)15-18(21)17-12-10-8-11-13-17/h8,10-13,16,19H,6-7,9,14-15H2,1-5H3. The van der Waals surface area contributed by atoms with Crippen LogP contribution in [0.1, 0.15) is 77.1 Å². The Bertz CT molecular complexity index is 431. The van der Waals surface area contributed by atoms with Gasteiger partial charge in [-0.2, -0.15) is 0 Å². The van der Waals surface area contributed by atoms with Crippen molar-refractivity contribution in [2.45, 2.75) is 78.9 Å². The molecular weight excluding hydrogens is 272 g/mol. The lowest BCUT2D eigenvalue weighted by atomic mass is 9.85. The molecule has 0 aliphatic rings. The first kappa shape index (κ1) is 18.9. The van der Waals surface area contributed by atoms with E-state index in [0.717, 1.165) is 12.0 Å². The first-order valence-electron chi connectivity index (χ1n) is 8.58. The molecule has 1 rings (SSSR count). The molecule has 124 valence electrons. The zero-order valence-electron chi connectivity index (χ0n) is 14.9. The van der Waals surface area contributed by atoms with Gasteiger partial charge in [0.1, 0.15) is 0 Å². The Kier molecular flexibility index (Phi) is 7.81. The molecule has 0 heterocycles. The maximum atomic E-state index is 12.3. The summed E-state index contributed by atoms with van der Waals surface area (Å²) in [5.41, 5.74) is 0.883. The molecule has 0 N–H and O–H groups in total. The van der Waals surface area contributed by atoms with Crippen LogP contribution in [0.3, 0.4) is 0 Å². The number of hydrogen-bond acceptors (Lipinski definition) is 2. The highest BCUT2D eigenvalue weighted by Gasteiger charge is 2.27. The van der Waals surface area contributed by atoms with Gasteiger partial charge in [-0.1, -0.05) is 77.3 Å². The molecule has 0 radical (unpaired) electrons. The number of carbonyl (C=O) groups excluding carboxylic acids is 1. The molecule has 0 aromatic heterocycles. The quantitative estimate of drug-likeness (QED) is 0.434. The SMILES string of the molecule is CCCCCC(OC(C)CC(=O)c1ccccc1)C(C)(C)C. The number of benzene rings is 1. The first-order valence-corrected chi connectivity index (χ1v) is 8.58. The third kappa shape index (κ3) is 6.74. The van der Waals surface area contributed by atoms with E-state index < -0.39 is 0 Å². The van der Waals surface area contributed by atoms with Crippen molar-refractivity contribution in [3.63, 3.8) is 0 Å². The molecule has 2 heteroatoms. The Labute approximate surface area is 136 Å². The summed E-state index contributed by atoms with van der Waals surface area (Å²) in [6, 6.07) is 9.48. The summed E-state index contributed by atoms with van der Waals surface area (Å²) in [6.45, 7) is 10.9. The number of hydrogen-bond donors (Lipinski definition) is 0. The van der Waals surface area contributed by atoms with E-state index in [-0.39, 0.29) is 23.4 Å². The Morgan fingerprint density at radius 2 is 1.77 bits per heavy atom. The van der Waals surface area contributed by atoms with Gasteiger partial charge < -0.3 is 4.74 Å². The second-order valence-electron chi connectivity index (χ2n) is 7.29. The normalized spacial score (nSPS) is 14.6. The Balaban J connectivity index is 2.55. The van der Waals surface area contributed by atoms with Crippen molar-refractivity contribution in [3.05, 3.63) is 35.9 Å². The summed E-state index contributed by atoms with van der Waals surface area (Å²) < 4.78 is 6.23. The highest BCUT2D eigenvalue weighted by atomic mass is 16.5. The molecular formula is C20H32O2. The Morgan fingerprint density at radius 3 is 2.32 bits per heavy atom. The van der Waals surface area contributed by atoms with Gasteiger partial charge in [0, 0.05) is 12.0 Å². The number of Topliss-reactive ketones (excluding diaryl/α,β-unsaturated/α-hetero) is 1. The summed E-state index contributed by atoms with van der Waals surface area (Å²) in [6.07, 6.45) is 5.34. The van der Waals surface area contributed by atoms with E-state index in [0.29, 0.717) is 6.42 Å². The molecule has 0 spiro atoms. The minimum atomic E-state index is -0.0430. The predicted molar refractivity (Wildman–Crippen MR) is 93.3 cm³/mol. The molecule has 1 aromatic rings. The second kappa shape index (κ2) is 9.09. The number of rotatable bonds is 9. The maximum absolute atomic E-state index is 12.3. The van der Waals surface area contributed by atoms with Gasteiger partial charge in [0.25, 0.3) is 0 Å².